The normalized spacial score (nSPS) is 27.7. The number of carbonyl (C=O) groups excluding carboxylic acids is 1. The Morgan fingerprint density at radius 2 is 2.29 bits per heavy atom. The molecule has 2 fully saturated rings. The summed E-state index contributed by atoms with van der Waals surface area (Å²) in [7, 11) is 0. The van der Waals surface area contributed by atoms with Crippen LogP contribution >= 0.6 is 0 Å². The van der Waals surface area contributed by atoms with E-state index in [0.29, 0.717) is 37.6 Å². The van der Waals surface area contributed by atoms with Gasteiger partial charge >= 0.3 is 0 Å². The number of hydrogen-bond acceptors (Lipinski definition) is 5. The lowest BCUT2D eigenvalue weighted by atomic mass is 9.58. The van der Waals surface area contributed by atoms with Crippen molar-refractivity contribution in [2.45, 2.75) is 45.3 Å². The van der Waals surface area contributed by atoms with Crippen molar-refractivity contribution < 1.29 is 19.2 Å². The summed E-state index contributed by atoms with van der Waals surface area (Å²) in [5, 5.41) is 13.9. The van der Waals surface area contributed by atoms with Crippen molar-refractivity contribution in [1.29, 1.82) is 0 Å². The molecule has 2 atom stereocenters. The lowest BCUT2D eigenvalue weighted by Crippen LogP contribution is -2.62. The molecular formula is C15H22N2O4. The molecule has 0 unspecified atom stereocenters. The van der Waals surface area contributed by atoms with Gasteiger partial charge in [0.1, 0.15) is 0 Å². The highest BCUT2D eigenvalue weighted by Gasteiger charge is 2.56. The van der Waals surface area contributed by atoms with E-state index in [4.69, 9.17) is 9.26 Å². The minimum absolute atomic E-state index is 0.118. The molecule has 1 N–H and O–H groups in total. The van der Waals surface area contributed by atoms with Gasteiger partial charge in [0, 0.05) is 37.6 Å². The third-order valence-corrected chi connectivity index (χ3v) is 4.93. The minimum Gasteiger partial charge on any atom is -0.392 e. The van der Waals surface area contributed by atoms with Crippen LogP contribution in [-0.4, -0.2) is 53.0 Å². The molecule has 6 nitrogen and oxygen atoms in total. The summed E-state index contributed by atoms with van der Waals surface area (Å²) >= 11 is 0. The van der Waals surface area contributed by atoms with Crippen LogP contribution in [0.3, 0.4) is 0 Å². The smallest absolute Gasteiger partial charge is 0.292 e. The van der Waals surface area contributed by atoms with Crippen LogP contribution in [0.1, 0.15) is 42.4 Å². The molecular weight excluding hydrogens is 272 g/mol. The number of nitrogens with zero attached hydrogens (tertiary/aromatic N) is 2. The summed E-state index contributed by atoms with van der Waals surface area (Å²) in [6, 6.07) is 1.66. The maximum atomic E-state index is 12.3. The van der Waals surface area contributed by atoms with Crippen molar-refractivity contribution in [1.82, 2.24) is 10.1 Å². The zero-order valence-corrected chi connectivity index (χ0v) is 12.5. The Balaban J connectivity index is 1.63. The Labute approximate surface area is 124 Å². The number of aliphatic hydroxyl groups is 1. The molecule has 1 saturated heterocycles. The molecule has 1 aromatic rings. The highest BCUT2D eigenvalue weighted by molar-refractivity contribution is 5.91. The van der Waals surface area contributed by atoms with E-state index in [-0.39, 0.29) is 23.5 Å². The fourth-order valence-corrected chi connectivity index (χ4v) is 3.56. The first kappa shape index (κ1) is 14.5. The quantitative estimate of drug-likeness (QED) is 0.911. The van der Waals surface area contributed by atoms with Gasteiger partial charge in [-0.1, -0.05) is 5.16 Å². The monoisotopic (exact) mass is 294 g/mol. The van der Waals surface area contributed by atoms with Crippen LogP contribution < -0.4 is 0 Å². The van der Waals surface area contributed by atoms with Crippen molar-refractivity contribution in [2.24, 2.45) is 5.41 Å². The number of aromatic nitrogens is 1. The summed E-state index contributed by atoms with van der Waals surface area (Å²) in [6.07, 6.45) is 2.08. The first-order chi connectivity index (χ1) is 10.1. The molecule has 21 heavy (non-hydrogen) atoms. The van der Waals surface area contributed by atoms with Gasteiger partial charge in [0.05, 0.1) is 17.9 Å². The Morgan fingerprint density at radius 1 is 1.57 bits per heavy atom. The van der Waals surface area contributed by atoms with Crippen LogP contribution in [0.25, 0.3) is 0 Å². The molecule has 2 aliphatic rings. The Morgan fingerprint density at radius 3 is 2.81 bits per heavy atom. The largest absolute Gasteiger partial charge is 0.392 e. The number of piperidine rings is 1. The van der Waals surface area contributed by atoms with Gasteiger partial charge in [-0.05, 0) is 26.7 Å². The van der Waals surface area contributed by atoms with Crippen LogP contribution in [0.4, 0.5) is 0 Å². The second-order valence-electron chi connectivity index (χ2n) is 6.05. The Kier molecular flexibility index (Phi) is 3.75. The van der Waals surface area contributed by atoms with Crippen LogP contribution in [0.5, 0.6) is 0 Å². The van der Waals surface area contributed by atoms with Crippen LogP contribution in [0.15, 0.2) is 10.6 Å². The number of amides is 1. The highest BCUT2D eigenvalue weighted by atomic mass is 16.5. The van der Waals surface area contributed by atoms with Gasteiger partial charge in [-0.15, -0.1) is 0 Å². The number of likely N-dealkylation sites (tertiary alicyclic amines) is 1. The Hall–Kier alpha value is -1.40. The van der Waals surface area contributed by atoms with Crippen molar-refractivity contribution >= 4 is 5.91 Å². The summed E-state index contributed by atoms with van der Waals surface area (Å²) in [5.74, 6) is 0.172. The summed E-state index contributed by atoms with van der Waals surface area (Å²) in [5.41, 5.74) is 0.544. The summed E-state index contributed by atoms with van der Waals surface area (Å²) in [4.78, 5) is 14.1. The molecule has 1 aromatic heterocycles. The van der Waals surface area contributed by atoms with Gasteiger partial charge in [-0.3, -0.25) is 4.79 Å². The van der Waals surface area contributed by atoms with E-state index in [1.165, 1.54) is 0 Å². The predicted molar refractivity (Wildman–Crippen MR) is 74.8 cm³/mol. The van der Waals surface area contributed by atoms with Crippen molar-refractivity contribution in [3.63, 3.8) is 0 Å². The number of hydrogen-bond donors (Lipinski definition) is 1. The molecule has 1 amide bonds. The lowest BCUT2D eigenvalue weighted by molar-refractivity contribution is -0.207. The molecule has 1 aliphatic heterocycles. The van der Waals surface area contributed by atoms with Gasteiger partial charge in [-0.2, -0.15) is 0 Å². The molecule has 1 spiro atoms. The molecule has 2 heterocycles. The fraction of sp³-hybridized carbons (Fsp3) is 0.733. The van der Waals surface area contributed by atoms with Crippen molar-refractivity contribution in [3.8, 4) is 0 Å². The zero-order chi connectivity index (χ0) is 15.0. The van der Waals surface area contributed by atoms with E-state index < -0.39 is 0 Å². The van der Waals surface area contributed by atoms with E-state index in [1.54, 1.807) is 17.9 Å². The van der Waals surface area contributed by atoms with E-state index in [1.807, 2.05) is 6.92 Å². The van der Waals surface area contributed by atoms with Crippen molar-refractivity contribution in [3.05, 3.63) is 17.5 Å². The molecule has 116 valence electrons. The summed E-state index contributed by atoms with van der Waals surface area (Å²) in [6.45, 7) is 5.68. The fourth-order valence-electron chi connectivity index (χ4n) is 3.56. The first-order valence-electron chi connectivity index (χ1n) is 7.59. The molecule has 0 bridgehead atoms. The van der Waals surface area contributed by atoms with Gasteiger partial charge in [0.2, 0.25) is 5.76 Å². The minimum atomic E-state index is -0.307. The molecule has 1 aliphatic carbocycles. The van der Waals surface area contributed by atoms with Crippen LogP contribution in [0, 0.1) is 12.3 Å². The lowest BCUT2D eigenvalue weighted by Gasteiger charge is -2.56. The number of rotatable bonds is 3. The van der Waals surface area contributed by atoms with Gasteiger partial charge in [0.15, 0.2) is 0 Å². The third kappa shape index (κ3) is 2.36. The molecule has 0 aromatic carbocycles. The van der Waals surface area contributed by atoms with E-state index in [9.17, 15) is 9.90 Å². The standard InChI is InChI=1S/C15H22N2O4/c1-3-20-13-9-12(18)15(13)4-6-17(7-5-15)14(19)11-8-10(2)16-21-11/h8,12-13,18H,3-7,9H2,1-2H3/t12-,13-/m0/s1. The average Bonchev–Trinajstić information content (AvgIpc) is 2.93. The van der Waals surface area contributed by atoms with Crippen molar-refractivity contribution in [2.75, 3.05) is 19.7 Å². The number of ether oxygens (including phenoxy) is 1. The van der Waals surface area contributed by atoms with Gasteiger partial charge in [0.25, 0.3) is 5.91 Å². The van der Waals surface area contributed by atoms with Gasteiger partial charge < -0.3 is 19.3 Å². The van der Waals surface area contributed by atoms with E-state index in [2.05, 4.69) is 5.16 Å². The molecule has 3 rings (SSSR count). The maximum absolute atomic E-state index is 12.3. The average molecular weight is 294 g/mol. The second-order valence-corrected chi connectivity index (χ2v) is 6.05. The maximum Gasteiger partial charge on any atom is 0.292 e. The highest BCUT2D eigenvalue weighted by Crippen LogP contribution is 2.51. The SMILES string of the molecule is CCO[C@H]1C[C@H](O)C12CCN(C(=O)c1cc(C)no1)CC2. The topological polar surface area (TPSA) is 75.8 Å². The second kappa shape index (κ2) is 5.42. The number of aliphatic hydroxyl groups excluding tert-OH is 1. The number of carbonyl (C=O) groups is 1. The first-order valence-corrected chi connectivity index (χ1v) is 7.59. The van der Waals surface area contributed by atoms with Gasteiger partial charge in [-0.25, -0.2) is 0 Å². The number of aryl methyl sites for hydroxylation is 1. The van der Waals surface area contributed by atoms with Crippen LogP contribution in [-0.2, 0) is 4.74 Å². The van der Waals surface area contributed by atoms with Crippen LogP contribution in [0.2, 0.25) is 0 Å². The van der Waals surface area contributed by atoms with E-state index >= 15 is 0 Å². The third-order valence-electron chi connectivity index (χ3n) is 4.93. The Bertz CT molecular complexity index is 517. The van der Waals surface area contributed by atoms with E-state index in [0.717, 1.165) is 12.8 Å². The molecule has 1 saturated carbocycles. The zero-order valence-electron chi connectivity index (χ0n) is 12.5. The summed E-state index contributed by atoms with van der Waals surface area (Å²) < 4.78 is 10.8. The predicted octanol–water partition coefficient (Wildman–Crippen LogP) is 1.38. The molecule has 0 radical (unpaired) electrons. The molecule has 6 heteroatoms.